The Morgan fingerprint density at radius 3 is 2.66 bits per heavy atom. The van der Waals surface area contributed by atoms with Crippen molar-refractivity contribution in [2.75, 3.05) is 5.75 Å². The van der Waals surface area contributed by atoms with E-state index in [0.717, 1.165) is 17.0 Å². The molecule has 2 aromatic heterocycles. The normalized spacial score (nSPS) is 13.8. The van der Waals surface area contributed by atoms with Gasteiger partial charge in [0, 0.05) is 28.6 Å². The summed E-state index contributed by atoms with van der Waals surface area (Å²) in [5.41, 5.74) is 3.42. The Kier molecular flexibility index (Phi) is 5.40. The molecule has 0 unspecified atom stereocenters. The Bertz CT molecular complexity index is 1030. The summed E-state index contributed by atoms with van der Waals surface area (Å²) >= 11 is 1.18. The number of thioether (sulfide) groups is 1. The molecule has 6 nitrogen and oxygen atoms in total. The van der Waals surface area contributed by atoms with Crippen LogP contribution < -0.4 is 4.74 Å². The Morgan fingerprint density at radius 1 is 1.28 bits per heavy atom. The number of hydrogen-bond acceptors (Lipinski definition) is 6. The average Bonchev–Trinajstić information content (AvgIpc) is 3.31. The summed E-state index contributed by atoms with van der Waals surface area (Å²) in [5.74, 6) is 0.503. The fourth-order valence-electron chi connectivity index (χ4n) is 3.32. The average molecular weight is 419 g/mol. The first-order valence-electron chi connectivity index (χ1n) is 9.15. The van der Waals surface area contributed by atoms with E-state index in [-0.39, 0.29) is 28.4 Å². The second-order valence-electron chi connectivity index (χ2n) is 6.87. The molecule has 9 heteroatoms. The zero-order chi connectivity index (χ0) is 20.5. The van der Waals surface area contributed by atoms with Crippen molar-refractivity contribution in [2.45, 2.75) is 44.6 Å². The van der Waals surface area contributed by atoms with E-state index < -0.39 is 6.61 Å². The Morgan fingerprint density at radius 2 is 2.00 bits per heavy atom. The number of aryl methyl sites for hydroxylation is 1. The maximum absolute atomic E-state index is 12.7. The van der Waals surface area contributed by atoms with Gasteiger partial charge in [-0.2, -0.15) is 8.78 Å². The minimum atomic E-state index is -2.88. The van der Waals surface area contributed by atoms with Gasteiger partial charge in [0.2, 0.25) is 5.89 Å². The maximum Gasteiger partial charge on any atom is 0.387 e. The Balaban J connectivity index is 1.39. The first-order chi connectivity index (χ1) is 13.9. The van der Waals surface area contributed by atoms with Crippen molar-refractivity contribution < 1.29 is 22.7 Å². The highest BCUT2D eigenvalue weighted by atomic mass is 32.2. The van der Waals surface area contributed by atoms with E-state index in [1.165, 1.54) is 36.7 Å². The van der Waals surface area contributed by atoms with Crippen molar-refractivity contribution >= 4 is 17.5 Å². The van der Waals surface area contributed by atoms with Crippen LogP contribution in [0.2, 0.25) is 0 Å². The fraction of sp³-hybridized carbons (Fsp3) is 0.350. The molecule has 1 aliphatic carbocycles. The SMILES string of the molecule is Cc1cc(C(=O)CSc2nnc(-c3ccc(OC(F)F)cc3)o2)c(C)n1C1CC1. The highest BCUT2D eigenvalue weighted by molar-refractivity contribution is 7.99. The number of rotatable bonds is 8. The second kappa shape index (κ2) is 7.98. The van der Waals surface area contributed by atoms with Gasteiger partial charge in [0.05, 0.1) is 5.75 Å². The fourth-order valence-corrected chi connectivity index (χ4v) is 3.97. The monoisotopic (exact) mass is 419 g/mol. The molecule has 3 aromatic rings. The number of benzene rings is 1. The molecule has 2 heterocycles. The van der Waals surface area contributed by atoms with E-state index in [0.29, 0.717) is 11.6 Å². The molecular formula is C20H19F2N3O3S. The second-order valence-corrected chi connectivity index (χ2v) is 7.80. The minimum absolute atomic E-state index is 0.0169. The molecule has 0 radical (unpaired) electrons. The summed E-state index contributed by atoms with van der Waals surface area (Å²) in [7, 11) is 0. The van der Waals surface area contributed by atoms with Crippen LogP contribution in [0.3, 0.4) is 0 Å². The Hall–Kier alpha value is -2.68. The van der Waals surface area contributed by atoms with Crippen LogP contribution in [-0.2, 0) is 0 Å². The van der Waals surface area contributed by atoms with Gasteiger partial charge in [-0.3, -0.25) is 4.79 Å². The van der Waals surface area contributed by atoms with Gasteiger partial charge >= 0.3 is 6.61 Å². The lowest BCUT2D eigenvalue weighted by Crippen LogP contribution is -2.05. The van der Waals surface area contributed by atoms with Gasteiger partial charge in [0.15, 0.2) is 5.78 Å². The quantitative estimate of drug-likeness (QED) is 0.375. The van der Waals surface area contributed by atoms with Crippen LogP contribution in [0.5, 0.6) is 5.75 Å². The Labute approximate surface area is 170 Å². The third-order valence-corrected chi connectivity index (χ3v) is 5.57. The van der Waals surface area contributed by atoms with Crippen molar-refractivity contribution in [3.05, 3.63) is 47.3 Å². The molecule has 0 atom stereocenters. The van der Waals surface area contributed by atoms with Crippen LogP contribution in [0.25, 0.3) is 11.5 Å². The van der Waals surface area contributed by atoms with E-state index in [1.54, 1.807) is 12.1 Å². The van der Waals surface area contributed by atoms with Crippen LogP contribution in [-0.4, -0.2) is 32.9 Å². The topological polar surface area (TPSA) is 70.2 Å². The minimum Gasteiger partial charge on any atom is -0.435 e. The number of Topliss-reactive ketones (excluding diaryl/α,β-unsaturated/α-hetero) is 1. The molecule has 152 valence electrons. The van der Waals surface area contributed by atoms with Gasteiger partial charge in [0.1, 0.15) is 5.75 Å². The lowest BCUT2D eigenvalue weighted by molar-refractivity contribution is -0.0498. The lowest BCUT2D eigenvalue weighted by atomic mass is 10.2. The number of alkyl halides is 2. The van der Waals surface area contributed by atoms with Gasteiger partial charge < -0.3 is 13.7 Å². The highest BCUT2D eigenvalue weighted by Crippen LogP contribution is 2.38. The van der Waals surface area contributed by atoms with Crippen molar-refractivity contribution in [3.8, 4) is 17.2 Å². The molecule has 29 heavy (non-hydrogen) atoms. The standard InChI is InChI=1S/C20H19F2N3O3S/c1-11-9-16(12(2)25(11)14-5-6-14)17(26)10-29-20-24-23-18(28-20)13-3-7-15(8-4-13)27-19(21)22/h3-4,7-9,14,19H,5-6,10H2,1-2H3. The summed E-state index contributed by atoms with van der Waals surface area (Å²) in [4.78, 5) is 12.7. The van der Waals surface area contributed by atoms with Crippen molar-refractivity contribution in [1.29, 1.82) is 0 Å². The van der Waals surface area contributed by atoms with Crippen LogP contribution in [0, 0.1) is 13.8 Å². The molecule has 0 spiro atoms. The zero-order valence-corrected chi connectivity index (χ0v) is 16.7. The van der Waals surface area contributed by atoms with Gasteiger partial charge in [-0.25, -0.2) is 0 Å². The summed E-state index contributed by atoms with van der Waals surface area (Å²) < 4.78 is 36.6. The van der Waals surface area contributed by atoms with Crippen molar-refractivity contribution in [3.63, 3.8) is 0 Å². The molecule has 0 N–H and O–H groups in total. The van der Waals surface area contributed by atoms with E-state index in [9.17, 15) is 13.6 Å². The van der Waals surface area contributed by atoms with E-state index >= 15 is 0 Å². The van der Waals surface area contributed by atoms with E-state index in [4.69, 9.17) is 4.42 Å². The molecule has 0 saturated heterocycles. The van der Waals surface area contributed by atoms with Crippen molar-refractivity contribution in [2.24, 2.45) is 0 Å². The summed E-state index contributed by atoms with van der Waals surface area (Å²) in [6, 6.07) is 8.38. The van der Waals surface area contributed by atoms with Crippen LogP contribution >= 0.6 is 11.8 Å². The number of ether oxygens (including phenoxy) is 1. The number of halogens is 2. The predicted molar refractivity (Wildman–Crippen MR) is 104 cm³/mol. The number of hydrogen-bond donors (Lipinski definition) is 0. The van der Waals surface area contributed by atoms with Gasteiger partial charge in [0.25, 0.3) is 5.22 Å². The molecule has 0 bridgehead atoms. The molecule has 1 saturated carbocycles. The molecule has 0 aliphatic heterocycles. The molecular weight excluding hydrogens is 400 g/mol. The largest absolute Gasteiger partial charge is 0.435 e. The zero-order valence-electron chi connectivity index (χ0n) is 15.9. The van der Waals surface area contributed by atoms with Crippen LogP contribution in [0.4, 0.5) is 8.78 Å². The summed E-state index contributed by atoms with van der Waals surface area (Å²) in [6.45, 7) is 1.13. The molecule has 0 amide bonds. The number of ketones is 1. The number of carbonyl (C=O) groups is 1. The number of carbonyl (C=O) groups excluding carboxylic acids is 1. The molecule has 1 aromatic carbocycles. The van der Waals surface area contributed by atoms with E-state index in [1.807, 2.05) is 19.9 Å². The van der Waals surface area contributed by atoms with Gasteiger partial charge in [-0.15, -0.1) is 10.2 Å². The third-order valence-electron chi connectivity index (χ3n) is 4.76. The smallest absolute Gasteiger partial charge is 0.387 e. The maximum atomic E-state index is 12.7. The summed E-state index contributed by atoms with van der Waals surface area (Å²) in [5, 5.41) is 8.18. The third kappa shape index (κ3) is 4.34. The summed E-state index contributed by atoms with van der Waals surface area (Å²) in [6.07, 6.45) is 2.33. The predicted octanol–water partition coefficient (Wildman–Crippen LogP) is 5.07. The molecule has 1 fully saturated rings. The van der Waals surface area contributed by atoms with Gasteiger partial charge in [-0.05, 0) is 57.0 Å². The van der Waals surface area contributed by atoms with Crippen LogP contribution in [0.1, 0.15) is 40.6 Å². The van der Waals surface area contributed by atoms with Crippen molar-refractivity contribution in [1.82, 2.24) is 14.8 Å². The van der Waals surface area contributed by atoms with Gasteiger partial charge in [-0.1, -0.05) is 11.8 Å². The highest BCUT2D eigenvalue weighted by Gasteiger charge is 2.28. The molecule has 4 rings (SSSR count). The first kappa shape index (κ1) is 19.6. The van der Waals surface area contributed by atoms with E-state index in [2.05, 4.69) is 19.5 Å². The number of aromatic nitrogens is 3. The lowest BCUT2D eigenvalue weighted by Gasteiger charge is -2.07. The van der Waals surface area contributed by atoms with Crippen LogP contribution in [0.15, 0.2) is 40.0 Å². The molecule has 1 aliphatic rings. The first-order valence-corrected chi connectivity index (χ1v) is 10.1. The number of nitrogens with zero attached hydrogens (tertiary/aromatic N) is 3.